The van der Waals surface area contributed by atoms with Crippen molar-refractivity contribution in [3.63, 3.8) is 0 Å². The van der Waals surface area contributed by atoms with E-state index in [0.29, 0.717) is 18.0 Å². The average Bonchev–Trinajstić information content (AvgIpc) is 3.10. The number of aryl methyl sites for hydroxylation is 1. The standard InChI is InChI=1S/C15H18ClN3/c1-2-19-14-7-9(16)3-5-13(14)18-15(19)11-8-10-4-6-12(11)17-10/h3,5,7,10-12,17H,2,4,6,8H2,1H3. The van der Waals surface area contributed by atoms with E-state index in [1.165, 1.54) is 30.6 Å². The smallest absolute Gasteiger partial charge is 0.114 e. The molecule has 0 aliphatic carbocycles. The van der Waals surface area contributed by atoms with Crippen LogP contribution < -0.4 is 5.32 Å². The van der Waals surface area contributed by atoms with Crippen molar-refractivity contribution in [1.82, 2.24) is 14.9 Å². The average molecular weight is 276 g/mol. The zero-order valence-electron chi connectivity index (χ0n) is 11.1. The van der Waals surface area contributed by atoms with Crippen LogP contribution in [-0.2, 0) is 6.54 Å². The summed E-state index contributed by atoms with van der Waals surface area (Å²) in [6.07, 6.45) is 3.87. The highest BCUT2D eigenvalue weighted by Crippen LogP contribution is 2.40. The van der Waals surface area contributed by atoms with Crippen LogP contribution in [0.5, 0.6) is 0 Å². The Bertz CT molecular complexity index is 634. The molecule has 3 unspecified atom stereocenters. The molecule has 4 heteroatoms. The Morgan fingerprint density at radius 3 is 3.00 bits per heavy atom. The number of imidazole rings is 1. The zero-order valence-corrected chi connectivity index (χ0v) is 11.8. The molecule has 1 N–H and O–H groups in total. The van der Waals surface area contributed by atoms with Crippen molar-refractivity contribution < 1.29 is 0 Å². The third kappa shape index (κ3) is 1.72. The number of halogens is 1. The fraction of sp³-hybridized carbons (Fsp3) is 0.533. The predicted octanol–water partition coefficient (Wildman–Crippen LogP) is 3.32. The van der Waals surface area contributed by atoms with Crippen molar-refractivity contribution in [3.8, 4) is 0 Å². The van der Waals surface area contributed by atoms with Gasteiger partial charge in [-0.2, -0.15) is 0 Å². The van der Waals surface area contributed by atoms with Crippen LogP contribution in [0.2, 0.25) is 5.02 Å². The molecular weight excluding hydrogens is 258 g/mol. The number of nitrogens with one attached hydrogen (secondary N) is 1. The van der Waals surface area contributed by atoms with Crippen molar-refractivity contribution >= 4 is 22.6 Å². The van der Waals surface area contributed by atoms with Crippen molar-refractivity contribution in [2.75, 3.05) is 0 Å². The molecule has 0 spiro atoms. The third-order valence-corrected chi connectivity index (χ3v) is 4.92. The van der Waals surface area contributed by atoms with E-state index in [1.807, 2.05) is 18.2 Å². The van der Waals surface area contributed by atoms with Crippen molar-refractivity contribution in [3.05, 3.63) is 29.0 Å². The van der Waals surface area contributed by atoms with Crippen molar-refractivity contribution in [1.29, 1.82) is 0 Å². The Morgan fingerprint density at radius 2 is 2.32 bits per heavy atom. The minimum Gasteiger partial charge on any atom is -0.328 e. The van der Waals surface area contributed by atoms with E-state index < -0.39 is 0 Å². The number of rotatable bonds is 2. The Hall–Kier alpha value is -1.06. The lowest BCUT2D eigenvalue weighted by Crippen LogP contribution is -2.23. The molecule has 0 saturated carbocycles. The van der Waals surface area contributed by atoms with E-state index in [2.05, 4.69) is 16.8 Å². The van der Waals surface area contributed by atoms with Gasteiger partial charge in [-0.15, -0.1) is 0 Å². The molecule has 2 aliphatic rings. The van der Waals surface area contributed by atoms with Crippen LogP contribution in [0.1, 0.15) is 37.9 Å². The molecule has 2 bridgehead atoms. The maximum atomic E-state index is 6.13. The van der Waals surface area contributed by atoms with Crippen LogP contribution in [0, 0.1) is 0 Å². The molecule has 2 aromatic rings. The lowest BCUT2D eigenvalue weighted by Gasteiger charge is -2.20. The van der Waals surface area contributed by atoms with Crippen LogP contribution in [0.25, 0.3) is 11.0 Å². The normalized spacial score (nSPS) is 29.5. The molecule has 1 aromatic heterocycles. The fourth-order valence-corrected chi connectivity index (χ4v) is 4.01. The molecule has 3 heterocycles. The largest absolute Gasteiger partial charge is 0.328 e. The Labute approximate surface area is 118 Å². The van der Waals surface area contributed by atoms with Gasteiger partial charge in [-0.25, -0.2) is 4.98 Å². The number of nitrogens with zero attached hydrogens (tertiary/aromatic N) is 2. The maximum absolute atomic E-state index is 6.13. The van der Waals surface area contributed by atoms with Crippen molar-refractivity contribution in [2.24, 2.45) is 0 Å². The van der Waals surface area contributed by atoms with E-state index in [9.17, 15) is 0 Å². The van der Waals surface area contributed by atoms with E-state index >= 15 is 0 Å². The summed E-state index contributed by atoms with van der Waals surface area (Å²) in [7, 11) is 0. The van der Waals surface area contributed by atoms with Crippen LogP contribution in [0.15, 0.2) is 18.2 Å². The van der Waals surface area contributed by atoms with Gasteiger partial charge in [0.05, 0.1) is 11.0 Å². The molecule has 0 amide bonds. The lowest BCUT2D eigenvalue weighted by atomic mass is 9.88. The highest BCUT2D eigenvalue weighted by atomic mass is 35.5. The van der Waals surface area contributed by atoms with Crippen LogP contribution in [0.3, 0.4) is 0 Å². The van der Waals surface area contributed by atoms with E-state index in [1.54, 1.807) is 0 Å². The van der Waals surface area contributed by atoms with Gasteiger partial charge in [-0.1, -0.05) is 11.6 Å². The number of fused-ring (bicyclic) bond motifs is 3. The topological polar surface area (TPSA) is 29.9 Å². The van der Waals surface area contributed by atoms with E-state index in [0.717, 1.165) is 17.1 Å². The van der Waals surface area contributed by atoms with Gasteiger partial charge in [0.25, 0.3) is 0 Å². The number of hydrogen-bond donors (Lipinski definition) is 1. The van der Waals surface area contributed by atoms with Gasteiger partial charge >= 0.3 is 0 Å². The zero-order chi connectivity index (χ0) is 13.0. The minimum atomic E-state index is 0.574. The van der Waals surface area contributed by atoms with Gasteiger partial charge in [0, 0.05) is 29.6 Å². The minimum absolute atomic E-state index is 0.574. The highest BCUT2D eigenvalue weighted by Gasteiger charge is 2.41. The molecule has 0 radical (unpaired) electrons. The van der Waals surface area contributed by atoms with Crippen LogP contribution in [0.4, 0.5) is 0 Å². The maximum Gasteiger partial charge on any atom is 0.114 e. The summed E-state index contributed by atoms with van der Waals surface area (Å²) in [4.78, 5) is 4.89. The quantitative estimate of drug-likeness (QED) is 0.911. The van der Waals surface area contributed by atoms with Gasteiger partial charge in [-0.3, -0.25) is 0 Å². The fourth-order valence-electron chi connectivity index (χ4n) is 3.84. The van der Waals surface area contributed by atoms with Gasteiger partial charge in [0.2, 0.25) is 0 Å². The number of hydrogen-bond acceptors (Lipinski definition) is 2. The molecule has 4 rings (SSSR count). The molecule has 3 atom stereocenters. The summed E-state index contributed by atoms with van der Waals surface area (Å²) in [6.45, 7) is 3.15. The predicted molar refractivity (Wildman–Crippen MR) is 77.7 cm³/mol. The molecule has 2 aliphatic heterocycles. The summed E-state index contributed by atoms with van der Waals surface area (Å²) in [5.41, 5.74) is 2.25. The first-order valence-corrected chi connectivity index (χ1v) is 7.56. The molecule has 3 nitrogen and oxygen atoms in total. The van der Waals surface area contributed by atoms with Gasteiger partial charge in [-0.05, 0) is 44.4 Å². The summed E-state index contributed by atoms with van der Waals surface area (Å²) < 4.78 is 2.34. The third-order valence-electron chi connectivity index (χ3n) is 4.69. The lowest BCUT2D eigenvalue weighted by molar-refractivity contribution is 0.472. The Kier molecular flexibility index (Phi) is 2.61. The first-order valence-electron chi connectivity index (χ1n) is 7.18. The van der Waals surface area contributed by atoms with Gasteiger partial charge < -0.3 is 9.88 Å². The molecule has 2 fully saturated rings. The number of aromatic nitrogens is 2. The van der Waals surface area contributed by atoms with Gasteiger partial charge in [0.15, 0.2) is 0 Å². The summed E-state index contributed by atoms with van der Waals surface area (Å²) >= 11 is 6.13. The monoisotopic (exact) mass is 275 g/mol. The first kappa shape index (κ1) is 11.7. The number of benzene rings is 1. The molecule has 1 aromatic carbocycles. The highest BCUT2D eigenvalue weighted by molar-refractivity contribution is 6.31. The second-order valence-electron chi connectivity index (χ2n) is 5.74. The van der Waals surface area contributed by atoms with Crippen LogP contribution >= 0.6 is 11.6 Å². The Balaban J connectivity index is 1.85. The summed E-state index contributed by atoms with van der Waals surface area (Å²) in [6, 6.07) is 7.34. The van der Waals surface area contributed by atoms with E-state index in [-0.39, 0.29) is 0 Å². The second kappa shape index (κ2) is 4.22. The molecule has 19 heavy (non-hydrogen) atoms. The second-order valence-corrected chi connectivity index (χ2v) is 6.17. The summed E-state index contributed by atoms with van der Waals surface area (Å²) in [5.74, 6) is 1.82. The summed E-state index contributed by atoms with van der Waals surface area (Å²) in [5, 5.41) is 4.50. The molecular formula is C15H18ClN3. The van der Waals surface area contributed by atoms with Gasteiger partial charge in [0.1, 0.15) is 5.82 Å². The van der Waals surface area contributed by atoms with Crippen LogP contribution in [-0.4, -0.2) is 21.6 Å². The molecule has 2 saturated heterocycles. The van der Waals surface area contributed by atoms with E-state index in [4.69, 9.17) is 16.6 Å². The Morgan fingerprint density at radius 1 is 1.42 bits per heavy atom. The first-order chi connectivity index (χ1) is 9.26. The SMILES string of the molecule is CCn1c(C2CC3CCC2N3)nc2ccc(Cl)cc21. The van der Waals surface area contributed by atoms with Crippen molar-refractivity contribution in [2.45, 2.75) is 50.7 Å². The molecule has 100 valence electrons.